The van der Waals surface area contributed by atoms with E-state index in [0.29, 0.717) is 13.1 Å². The summed E-state index contributed by atoms with van der Waals surface area (Å²) < 4.78 is 1.85. The van der Waals surface area contributed by atoms with Crippen molar-refractivity contribution in [2.45, 2.75) is 13.1 Å². The molecule has 1 aromatic carbocycles. The Hall–Kier alpha value is -2.99. The Morgan fingerprint density at radius 2 is 1.88 bits per heavy atom. The predicted octanol–water partition coefficient (Wildman–Crippen LogP) is 3.54. The average molecular weight is 351 g/mol. The second-order valence-electron chi connectivity index (χ2n) is 5.56. The van der Waals surface area contributed by atoms with Gasteiger partial charge in [-0.2, -0.15) is 5.10 Å². The summed E-state index contributed by atoms with van der Waals surface area (Å²) in [7, 11) is 0. The zero-order valence-electron chi connectivity index (χ0n) is 13.3. The normalized spacial score (nSPS) is 10.9. The fourth-order valence-corrected chi connectivity index (χ4v) is 2.72. The molecule has 0 atom stereocenters. The molecule has 0 fully saturated rings. The maximum absolute atomic E-state index is 5.94. The maximum Gasteiger partial charge on any atom is 0.163 e. The van der Waals surface area contributed by atoms with Crippen molar-refractivity contribution in [3.63, 3.8) is 0 Å². The molecule has 1 N–H and O–H groups in total. The van der Waals surface area contributed by atoms with Gasteiger partial charge in [0.25, 0.3) is 0 Å². The van der Waals surface area contributed by atoms with Crippen molar-refractivity contribution >= 4 is 28.5 Å². The van der Waals surface area contributed by atoms with Crippen molar-refractivity contribution in [1.29, 1.82) is 0 Å². The molecule has 4 rings (SSSR count). The Morgan fingerprint density at radius 3 is 2.68 bits per heavy atom. The molecule has 0 saturated carbocycles. The molecule has 0 amide bonds. The molecule has 0 aliphatic heterocycles. The largest absolute Gasteiger partial charge is 0.364 e. The van der Waals surface area contributed by atoms with E-state index < -0.39 is 0 Å². The van der Waals surface area contributed by atoms with Crippen molar-refractivity contribution < 1.29 is 0 Å². The van der Waals surface area contributed by atoms with Crippen LogP contribution in [0, 0.1) is 0 Å². The van der Waals surface area contributed by atoms with Crippen LogP contribution in [0.25, 0.3) is 11.0 Å². The summed E-state index contributed by atoms with van der Waals surface area (Å²) in [6.45, 7) is 1.21. The molecule has 124 valence electrons. The molecule has 3 aromatic heterocycles. The van der Waals surface area contributed by atoms with Crippen molar-refractivity contribution in [3.8, 4) is 0 Å². The fourth-order valence-electron chi connectivity index (χ4n) is 2.59. The number of benzene rings is 1. The van der Waals surface area contributed by atoms with E-state index in [4.69, 9.17) is 11.6 Å². The molecule has 25 heavy (non-hydrogen) atoms. The minimum absolute atomic E-state index is 0.593. The fraction of sp³-hybridized carbons (Fsp3) is 0.111. The van der Waals surface area contributed by atoms with Crippen LogP contribution in [-0.2, 0) is 13.1 Å². The topological polar surface area (TPSA) is 68.5 Å². The number of aromatic nitrogens is 5. The Balaban J connectivity index is 1.58. The van der Waals surface area contributed by atoms with Crippen molar-refractivity contribution in [2.24, 2.45) is 0 Å². The lowest BCUT2D eigenvalue weighted by atomic mass is 10.2. The zero-order valence-corrected chi connectivity index (χ0v) is 14.1. The predicted molar refractivity (Wildman–Crippen MR) is 97.4 cm³/mol. The van der Waals surface area contributed by atoms with Gasteiger partial charge < -0.3 is 5.32 Å². The monoisotopic (exact) mass is 350 g/mol. The number of fused-ring (bicyclic) bond motifs is 1. The SMILES string of the molecule is Clc1ccc(Cn2ncc3c(NCc4ccccn4)ncnc32)cc1. The smallest absolute Gasteiger partial charge is 0.163 e. The first-order chi connectivity index (χ1) is 12.3. The molecule has 0 aliphatic carbocycles. The number of hydrogen-bond acceptors (Lipinski definition) is 5. The Bertz CT molecular complexity index is 982. The van der Waals surface area contributed by atoms with Gasteiger partial charge in [0.15, 0.2) is 5.65 Å². The summed E-state index contributed by atoms with van der Waals surface area (Å²) in [6, 6.07) is 13.5. The zero-order chi connectivity index (χ0) is 17.1. The number of rotatable bonds is 5. The van der Waals surface area contributed by atoms with Crippen LogP contribution in [0.4, 0.5) is 5.82 Å². The molecule has 0 aliphatic rings. The summed E-state index contributed by atoms with van der Waals surface area (Å²) in [5.74, 6) is 0.748. The van der Waals surface area contributed by atoms with Gasteiger partial charge in [0.1, 0.15) is 12.1 Å². The van der Waals surface area contributed by atoms with Gasteiger partial charge in [0, 0.05) is 11.2 Å². The van der Waals surface area contributed by atoms with Crippen LogP contribution < -0.4 is 5.32 Å². The molecule has 0 saturated heterocycles. The molecule has 7 heteroatoms. The van der Waals surface area contributed by atoms with E-state index in [1.807, 2.05) is 47.1 Å². The third-order valence-electron chi connectivity index (χ3n) is 3.84. The number of halogens is 1. The van der Waals surface area contributed by atoms with E-state index in [-0.39, 0.29) is 0 Å². The average Bonchev–Trinajstić information content (AvgIpc) is 3.06. The van der Waals surface area contributed by atoms with Crippen LogP contribution in [0.5, 0.6) is 0 Å². The first kappa shape index (κ1) is 15.5. The van der Waals surface area contributed by atoms with Crippen molar-refractivity contribution in [2.75, 3.05) is 5.32 Å². The van der Waals surface area contributed by atoms with Gasteiger partial charge in [-0.3, -0.25) is 4.98 Å². The van der Waals surface area contributed by atoms with Gasteiger partial charge in [-0.25, -0.2) is 14.6 Å². The highest BCUT2D eigenvalue weighted by atomic mass is 35.5. The molecular formula is C18H15ClN6. The van der Waals surface area contributed by atoms with Gasteiger partial charge in [-0.15, -0.1) is 0 Å². The standard InChI is InChI=1S/C18H15ClN6/c19-14-6-4-13(5-7-14)11-25-18-16(10-24-25)17(22-12-23-18)21-9-15-3-1-2-8-20-15/h1-8,10,12H,9,11H2,(H,21,22,23). The van der Waals surface area contributed by atoms with Crippen LogP contribution in [0.15, 0.2) is 61.2 Å². The highest BCUT2D eigenvalue weighted by Crippen LogP contribution is 2.20. The van der Waals surface area contributed by atoms with Gasteiger partial charge in [-0.1, -0.05) is 29.8 Å². The molecule has 0 radical (unpaired) electrons. The Morgan fingerprint density at radius 1 is 1.00 bits per heavy atom. The second kappa shape index (κ2) is 6.86. The first-order valence-corrected chi connectivity index (χ1v) is 8.22. The summed E-state index contributed by atoms with van der Waals surface area (Å²) in [5, 5.41) is 9.36. The molecule has 3 heterocycles. The minimum atomic E-state index is 0.593. The van der Waals surface area contributed by atoms with E-state index >= 15 is 0 Å². The van der Waals surface area contributed by atoms with Gasteiger partial charge >= 0.3 is 0 Å². The molecule has 6 nitrogen and oxygen atoms in total. The highest BCUT2D eigenvalue weighted by molar-refractivity contribution is 6.30. The van der Waals surface area contributed by atoms with E-state index in [1.165, 1.54) is 0 Å². The first-order valence-electron chi connectivity index (χ1n) is 7.84. The second-order valence-corrected chi connectivity index (χ2v) is 6.00. The van der Waals surface area contributed by atoms with Crippen LogP contribution >= 0.6 is 11.6 Å². The maximum atomic E-state index is 5.94. The van der Waals surface area contributed by atoms with Crippen molar-refractivity contribution in [1.82, 2.24) is 24.7 Å². The number of nitrogens with one attached hydrogen (secondary N) is 1. The molecule has 4 aromatic rings. The number of hydrogen-bond donors (Lipinski definition) is 1. The van der Waals surface area contributed by atoms with Gasteiger partial charge in [0.05, 0.1) is 30.4 Å². The summed E-state index contributed by atoms with van der Waals surface area (Å²) in [4.78, 5) is 13.0. The van der Waals surface area contributed by atoms with Crippen LogP contribution in [0.1, 0.15) is 11.3 Å². The third kappa shape index (κ3) is 3.44. The van der Waals surface area contributed by atoms with Gasteiger partial charge in [0.2, 0.25) is 0 Å². The Labute approximate surface area is 149 Å². The highest BCUT2D eigenvalue weighted by Gasteiger charge is 2.10. The lowest BCUT2D eigenvalue weighted by Crippen LogP contribution is -2.05. The van der Waals surface area contributed by atoms with Crippen LogP contribution in [-0.4, -0.2) is 24.7 Å². The van der Waals surface area contributed by atoms with Gasteiger partial charge in [-0.05, 0) is 29.8 Å². The van der Waals surface area contributed by atoms with E-state index in [9.17, 15) is 0 Å². The number of anilines is 1. The Kier molecular flexibility index (Phi) is 4.26. The van der Waals surface area contributed by atoms with E-state index in [0.717, 1.165) is 33.1 Å². The summed E-state index contributed by atoms with van der Waals surface area (Å²) in [6.07, 6.45) is 5.10. The summed E-state index contributed by atoms with van der Waals surface area (Å²) >= 11 is 5.94. The van der Waals surface area contributed by atoms with E-state index in [2.05, 4.69) is 25.4 Å². The third-order valence-corrected chi connectivity index (χ3v) is 4.09. The van der Waals surface area contributed by atoms with Crippen LogP contribution in [0.2, 0.25) is 5.02 Å². The number of nitrogens with zero attached hydrogens (tertiary/aromatic N) is 5. The quantitative estimate of drug-likeness (QED) is 0.596. The minimum Gasteiger partial charge on any atom is -0.364 e. The lowest BCUT2D eigenvalue weighted by Gasteiger charge is -2.07. The molecular weight excluding hydrogens is 336 g/mol. The molecule has 0 spiro atoms. The molecule has 0 bridgehead atoms. The van der Waals surface area contributed by atoms with Crippen molar-refractivity contribution in [3.05, 3.63) is 77.5 Å². The molecule has 0 unspecified atom stereocenters. The number of pyridine rings is 1. The lowest BCUT2D eigenvalue weighted by molar-refractivity contribution is 0.703. The summed E-state index contributed by atoms with van der Waals surface area (Å²) in [5.41, 5.74) is 2.84. The van der Waals surface area contributed by atoms with E-state index in [1.54, 1.807) is 18.7 Å². The van der Waals surface area contributed by atoms with Crippen LogP contribution in [0.3, 0.4) is 0 Å².